The second kappa shape index (κ2) is 8.84. The number of hydrogen-bond donors (Lipinski definition) is 1. The molecular formula is C22H32ClN5O. The fourth-order valence-electron chi connectivity index (χ4n) is 3.61. The Bertz CT molecular complexity index is 863. The number of rotatable bonds is 5. The summed E-state index contributed by atoms with van der Waals surface area (Å²) < 4.78 is 1.53. The number of hydrogen-bond acceptors (Lipinski definition) is 4. The lowest BCUT2D eigenvalue weighted by Crippen LogP contribution is -2.45. The van der Waals surface area contributed by atoms with Crippen LogP contribution in [0.3, 0.4) is 0 Å². The van der Waals surface area contributed by atoms with Crippen LogP contribution in [-0.2, 0) is 7.05 Å². The summed E-state index contributed by atoms with van der Waals surface area (Å²) in [6, 6.07) is 5.84. The summed E-state index contributed by atoms with van der Waals surface area (Å²) in [5.74, 6) is -0.172. The van der Waals surface area contributed by atoms with Crippen LogP contribution in [0.4, 0.5) is 0 Å². The van der Waals surface area contributed by atoms with E-state index < -0.39 is 0 Å². The molecule has 29 heavy (non-hydrogen) atoms. The molecule has 1 aliphatic heterocycles. The van der Waals surface area contributed by atoms with Crippen LogP contribution >= 0.6 is 11.6 Å². The molecule has 0 unspecified atom stereocenters. The number of nitrogens with one attached hydrogen (secondary N) is 1. The van der Waals surface area contributed by atoms with Crippen molar-refractivity contribution in [3.05, 3.63) is 34.6 Å². The summed E-state index contributed by atoms with van der Waals surface area (Å²) >= 11 is 6.43. The predicted molar refractivity (Wildman–Crippen MR) is 117 cm³/mol. The minimum atomic E-state index is -0.172. The van der Waals surface area contributed by atoms with Gasteiger partial charge in [0, 0.05) is 31.9 Å². The van der Waals surface area contributed by atoms with Gasteiger partial charge in [-0.15, -0.1) is 0 Å². The third-order valence-corrected chi connectivity index (χ3v) is 5.87. The molecule has 1 saturated heterocycles. The second-order valence-electron chi connectivity index (χ2n) is 9.20. The first-order valence-corrected chi connectivity index (χ1v) is 10.7. The monoisotopic (exact) mass is 417 g/mol. The Morgan fingerprint density at radius 1 is 1.28 bits per heavy atom. The average Bonchev–Trinajstić information content (AvgIpc) is 2.95. The highest BCUT2D eigenvalue weighted by Crippen LogP contribution is 2.28. The van der Waals surface area contributed by atoms with Crippen LogP contribution < -0.4 is 5.32 Å². The highest BCUT2D eigenvalue weighted by atomic mass is 35.5. The van der Waals surface area contributed by atoms with E-state index in [0.717, 1.165) is 38.2 Å². The number of aryl methyl sites for hydroxylation is 2. The van der Waals surface area contributed by atoms with Crippen molar-refractivity contribution in [3.63, 3.8) is 0 Å². The van der Waals surface area contributed by atoms with Crippen molar-refractivity contribution in [2.24, 2.45) is 12.5 Å². The summed E-state index contributed by atoms with van der Waals surface area (Å²) in [5, 5.41) is 7.96. The first kappa shape index (κ1) is 21.8. The van der Waals surface area contributed by atoms with Gasteiger partial charge < -0.3 is 10.2 Å². The molecule has 2 aromatic heterocycles. The smallest absolute Gasteiger partial charge is 0.256 e. The first-order chi connectivity index (χ1) is 13.6. The molecule has 7 heteroatoms. The quantitative estimate of drug-likeness (QED) is 0.796. The summed E-state index contributed by atoms with van der Waals surface area (Å²) in [7, 11) is 1.74. The van der Waals surface area contributed by atoms with Gasteiger partial charge in [-0.2, -0.15) is 5.10 Å². The molecule has 2 aromatic rings. The van der Waals surface area contributed by atoms with E-state index in [0.29, 0.717) is 27.5 Å². The normalized spacial score (nSPS) is 16.2. The van der Waals surface area contributed by atoms with Gasteiger partial charge in [0.15, 0.2) is 0 Å². The molecule has 0 radical (unpaired) electrons. The molecule has 1 N–H and O–H groups in total. The lowest BCUT2D eigenvalue weighted by atomic mass is 9.91. The number of nitrogens with zero attached hydrogens (tertiary/aromatic N) is 4. The maximum atomic E-state index is 13.1. The van der Waals surface area contributed by atoms with E-state index >= 15 is 0 Å². The lowest BCUT2D eigenvalue weighted by molar-refractivity contribution is 0.0908. The third kappa shape index (κ3) is 5.58. The zero-order chi connectivity index (χ0) is 21.2. The number of pyridine rings is 1. The van der Waals surface area contributed by atoms with Crippen molar-refractivity contribution < 1.29 is 4.79 Å². The summed E-state index contributed by atoms with van der Waals surface area (Å²) in [4.78, 5) is 20.1. The Morgan fingerprint density at radius 2 is 1.97 bits per heavy atom. The van der Waals surface area contributed by atoms with Crippen molar-refractivity contribution in [1.82, 2.24) is 25.0 Å². The molecule has 1 aliphatic rings. The van der Waals surface area contributed by atoms with Gasteiger partial charge in [0.25, 0.3) is 5.91 Å². The molecule has 6 nitrogen and oxygen atoms in total. The van der Waals surface area contributed by atoms with Gasteiger partial charge in [-0.25, -0.2) is 0 Å². The number of amides is 1. The molecule has 0 bridgehead atoms. The van der Waals surface area contributed by atoms with E-state index in [1.54, 1.807) is 7.05 Å². The first-order valence-electron chi connectivity index (χ1n) is 10.3. The van der Waals surface area contributed by atoms with E-state index in [1.807, 2.05) is 25.1 Å². The molecular weight excluding hydrogens is 386 g/mol. The molecule has 0 aromatic carbocycles. The van der Waals surface area contributed by atoms with Crippen molar-refractivity contribution in [3.8, 4) is 11.4 Å². The Kier molecular flexibility index (Phi) is 6.64. The molecule has 1 amide bonds. The molecule has 1 fully saturated rings. The molecule has 0 spiro atoms. The van der Waals surface area contributed by atoms with Crippen LogP contribution in [0.25, 0.3) is 11.4 Å². The molecule has 0 aliphatic carbocycles. The second-order valence-corrected chi connectivity index (χ2v) is 9.56. The number of likely N-dealkylation sites (tertiary alicyclic amines) is 1. The minimum Gasteiger partial charge on any atom is -0.349 e. The molecule has 158 valence electrons. The Balaban J connectivity index is 1.66. The van der Waals surface area contributed by atoms with Crippen molar-refractivity contribution in [1.29, 1.82) is 0 Å². The highest BCUT2D eigenvalue weighted by Gasteiger charge is 2.27. The Morgan fingerprint density at radius 3 is 2.59 bits per heavy atom. The van der Waals surface area contributed by atoms with E-state index in [4.69, 9.17) is 11.6 Å². The largest absolute Gasteiger partial charge is 0.349 e. The van der Waals surface area contributed by atoms with E-state index in [-0.39, 0.29) is 11.9 Å². The van der Waals surface area contributed by atoms with Crippen LogP contribution in [0, 0.1) is 12.3 Å². The summed E-state index contributed by atoms with van der Waals surface area (Å²) in [6.45, 7) is 11.9. The summed E-state index contributed by atoms with van der Waals surface area (Å²) in [5.41, 5.74) is 2.82. The minimum absolute atomic E-state index is 0.156. The molecule has 0 atom stereocenters. The zero-order valence-electron chi connectivity index (χ0n) is 18.1. The van der Waals surface area contributed by atoms with Crippen molar-refractivity contribution in [2.45, 2.75) is 53.0 Å². The van der Waals surface area contributed by atoms with Crippen LogP contribution in [-0.4, -0.2) is 51.2 Å². The lowest BCUT2D eigenvalue weighted by Gasteiger charge is -2.34. The van der Waals surface area contributed by atoms with Gasteiger partial charge in [0.05, 0.1) is 5.69 Å². The van der Waals surface area contributed by atoms with Crippen LogP contribution in [0.1, 0.15) is 56.1 Å². The zero-order valence-corrected chi connectivity index (χ0v) is 18.9. The number of piperidine rings is 1. The van der Waals surface area contributed by atoms with E-state index in [2.05, 4.69) is 41.1 Å². The van der Waals surface area contributed by atoms with Gasteiger partial charge in [-0.05, 0) is 50.3 Å². The fourth-order valence-corrected chi connectivity index (χ4v) is 3.82. The SMILES string of the molecule is Cc1cccc(-c2nn(C)c(Cl)c2C(=O)NC2CCN(CCC(C)(C)C)CC2)n1. The number of carbonyl (C=O) groups excluding carboxylic acids is 1. The standard InChI is InChI=1S/C22H32ClN5O/c1-15-7-6-8-17(24-15)19-18(20(23)27(5)26-19)21(29)25-16-9-12-28(13-10-16)14-11-22(2,3)4/h6-8,16H,9-14H2,1-5H3,(H,25,29). The van der Waals surface area contributed by atoms with E-state index in [1.165, 1.54) is 11.1 Å². The van der Waals surface area contributed by atoms with E-state index in [9.17, 15) is 4.79 Å². The van der Waals surface area contributed by atoms with Crippen LogP contribution in [0.5, 0.6) is 0 Å². The topological polar surface area (TPSA) is 63.1 Å². The Labute approximate surface area is 178 Å². The van der Waals surface area contributed by atoms with Crippen LogP contribution in [0.15, 0.2) is 18.2 Å². The highest BCUT2D eigenvalue weighted by molar-refractivity contribution is 6.33. The maximum absolute atomic E-state index is 13.1. The van der Waals surface area contributed by atoms with Gasteiger partial charge in [0.2, 0.25) is 0 Å². The van der Waals surface area contributed by atoms with Gasteiger partial charge >= 0.3 is 0 Å². The van der Waals surface area contributed by atoms with Crippen molar-refractivity contribution in [2.75, 3.05) is 19.6 Å². The predicted octanol–water partition coefficient (Wildman–Crippen LogP) is 4.07. The van der Waals surface area contributed by atoms with Crippen LogP contribution in [0.2, 0.25) is 5.15 Å². The number of carbonyl (C=O) groups is 1. The molecule has 3 rings (SSSR count). The van der Waals surface area contributed by atoms with Gasteiger partial charge in [-0.1, -0.05) is 38.4 Å². The molecule has 3 heterocycles. The number of aromatic nitrogens is 3. The van der Waals surface area contributed by atoms with Gasteiger partial charge in [-0.3, -0.25) is 14.5 Å². The molecule has 0 saturated carbocycles. The summed E-state index contributed by atoms with van der Waals surface area (Å²) in [6.07, 6.45) is 3.08. The number of halogens is 1. The fraction of sp³-hybridized carbons (Fsp3) is 0.591. The third-order valence-electron chi connectivity index (χ3n) is 5.44. The van der Waals surface area contributed by atoms with Gasteiger partial charge in [0.1, 0.15) is 16.4 Å². The Hall–Kier alpha value is -1.92. The maximum Gasteiger partial charge on any atom is 0.256 e. The average molecular weight is 418 g/mol. The van der Waals surface area contributed by atoms with Crippen molar-refractivity contribution >= 4 is 17.5 Å².